The van der Waals surface area contributed by atoms with Gasteiger partial charge in [-0.1, -0.05) is 25.1 Å². The topological polar surface area (TPSA) is 86.8 Å². The van der Waals surface area contributed by atoms with Crippen molar-refractivity contribution < 1.29 is 9.26 Å². The molecule has 0 spiro atoms. The van der Waals surface area contributed by atoms with Gasteiger partial charge < -0.3 is 9.26 Å². The Bertz CT molecular complexity index is 807. The number of pyridine rings is 1. The number of hydrogen-bond donors (Lipinski definition) is 0. The Kier molecular flexibility index (Phi) is 4.50. The normalized spacial score (nSPS) is 11.0. The molecule has 0 bridgehead atoms. The first-order valence-corrected chi connectivity index (χ1v) is 7.76. The predicted molar refractivity (Wildman–Crippen MR) is 87.5 cm³/mol. The molecule has 0 fully saturated rings. The highest BCUT2D eigenvalue weighted by Crippen LogP contribution is 2.23. The second-order valence-electron chi connectivity index (χ2n) is 5.75. The van der Waals surface area contributed by atoms with Crippen molar-refractivity contribution in [3.8, 4) is 17.3 Å². The minimum atomic E-state index is 0.159. The Balaban J connectivity index is 1.74. The summed E-state index contributed by atoms with van der Waals surface area (Å²) in [6.45, 7) is 8.09. The standard InChI is InChI=1S/C17H19N5O2/c1-10(2)16-19-11(3)15(12(4)20-16)23-9-14-21-17(22-24-14)13-7-5-6-8-18-13/h5-8,10H,9H2,1-4H3. The van der Waals surface area contributed by atoms with Crippen molar-refractivity contribution in [1.29, 1.82) is 0 Å². The van der Waals surface area contributed by atoms with Gasteiger partial charge in [-0.2, -0.15) is 4.98 Å². The van der Waals surface area contributed by atoms with E-state index in [4.69, 9.17) is 9.26 Å². The van der Waals surface area contributed by atoms with Crippen molar-refractivity contribution in [1.82, 2.24) is 25.1 Å². The summed E-state index contributed by atoms with van der Waals surface area (Å²) in [6.07, 6.45) is 1.68. The van der Waals surface area contributed by atoms with Gasteiger partial charge in [-0.3, -0.25) is 4.98 Å². The van der Waals surface area contributed by atoms with Gasteiger partial charge in [-0.25, -0.2) is 9.97 Å². The van der Waals surface area contributed by atoms with E-state index in [-0.39, 0.29) is 12.5 Å². The van der Waals surface area contributed by atoms with Gasteiger partial charge in [0.05, 0.1) is 11.4 Å². The van der Waals surface area contributed by atoms with Gasteiger partial charge >= 0.3 is 0 Å². The van der Waals surface area contributed by atoms with Crippen molar-refractivity contribution in [2.45, 2.75) is 40.2 Å². The maximum absolute atomic E-state index is 5.80. The van der Waals surface area contributed by atoms with Crippen LogP contribution in [0.5, 0.6) is 5.75 Å². The van der Waals surface area contributed by atoms with Gasteiger partial charge in [0.2, 0.25) is 5.82 Å². The summed E-state index contributed by atoms with van der Waals surface area (Å²) in [5, 5.41) is 3.92. The summed E-state index contributed by atoms with van der Waals surface area (Å²) in [6, 6.07) is 5.53. The Labute approximate surface area is 140 Å². The quantitative estimate of drug-likeness (QED) is 0.711. The van der Waals surface area contributed by atoms with Crippen LogP contribution in [0.4, 0.5) is 0 Å². The Morgan fingerprint density at radius 3 is 2.46 bits per heavy atom. The lowest BCUT2D eigenvalue weighted by molar-refractivity contribution is 0.238. The van der Waals surface area contributed by atoms with E-state index >= 15 is 0 Å². The van der Waals surface area contributed by atoms with Crippen LogP contribution in [-0.4, -0.2) is 25.1 Å². The molecule has 0 aliphatic rings. The summed E-state index contributed by atoms with van der Waals surface area (Å²) in [4.78, 5) is 17.5. The molecule has 3 aromatic rings. The molecule has 3 heterocycles. The van der Waals surface area contributed by atoms with Crippen molar-refractivity contribution in [2.75, 3.05) is 0 Å². The molecule has 0 radical (unpaired) electrons. The van der Waals surface area contributed by atoms with Crippen LogP contribution in [0.25, 0.3) is 11.5 Å². The number of nitrogens with zero attached hydrogens (tertiary/aromatic N) is 5. The maximum atomic E-state index is 5.80. The molecule has 0 aromatic carbocycles. The van der Waals surface area contributed by atoms with E-state index in [9.17, 15) is 0 Å². The van der Waals surface area contributed by atoms with E-state index < -0.39 is 0 Å². The highest BCUT2D eigenvalue weighted by atomic mass is 16.5. The first kappa shape index (κ1) is 16.0. The second-order valence-corrected chi connectivity index (χ2v) is 5.75. The average Bonchev–Trinajstić information content (AvgIpc) is 3.03. The lowest BCUT2D eigenvalue weighted by Crippen LogP contribution is -2.06. The molecule has 7 nitrogen and oxygen atoms in total. The number of ether oxygens (including phenoxy) is 1. The summed E-state index contributed by atoms with van der Waals surface area (Å²) < 4.78 is 11.0. The highest BCUT2D eigenvalue weighted by molar-refractivity contribution is 5.47. The zero-order valence-corrected chi connectivity index (χ0v) is 14.1. The lowest BCUT2D eigenvalue weighted by atomic mass is 10.2. The van der Waals surface area contributed by atoms with E-state index in [2.05, 4.69) is 38.9 Å². The molecule has 0 aliphatic heterocycles. The molecule has 3 aromatic heterocycles. The summed E-state index contributed by atoms with van der Waals surface area (Å²) in [5.41, 5.74) is 2.26. The van der Waals surface area contributed by atoms with Crippen LogP contribution in [0.1, 0.15) is 42.9 Å². The summed E-state index contributed by atoms with van der Waals surface area (Å²) in [7, 11) is 0. The minimum absolute atomic E-state index is 0.159. The summed E-state index contributed by atoms with van der Waals surface area (Å²) >= 11 is 0. The van der Waals surface area contributed by atoms with Crippen LogP contribution in [0.3, 0.4) is 0 Å². The molecule has 0 saturated carbocycles. The van der Waals surface area contributed by atoms with Crippen LogP contribution < -0.4 is 4.74 Å². The van der Waals surface area contributed by atoms with E-state index in [1.54, 1.807) is 6.20 Å². The van der Waals surface area contributed by atoms with Crippen LogP contribution >= 0.6 is 0 Å². The van der Waals surface area contributed by atoms with Crippen LogP contribution in [0.15, 0.2) is 28.9 Å². The zero-order chi connectivity index (χ0) is 17.1. The van der Waals surface area contributed by atoms with Gasteiger partial charge in [0.25, 0.3) is 5.89 Å². The Morgan fingerprint density at radius 2 is 1.83 bits per heavy atom. The van der Waals surface area contributed by atoms with Crippen molar-refractivity contribution in [3.05, 3.63) is 47.5 Å². The number of rotatable bonds is 5. The minimum Gasteiger partial charge on any atom is -0.480 e. The van der Waals surface area contributed by atoms with Crippen molar-refractivity contribution in [2.24, 2.45) is 0 Å². The van der Waals surface area contributed by atoms with E-state index in [1.165, 1.54) is 0 Å². The third-order valence-corrected chi connectivity index (χ3v) is 3.44. The number of hydrogen-bond acceptors (Lipinski definition) is 7. The fraction of sp³-hybridized carbons (Fsp3) is 0.353. The Morgan fingerprint density at radius 1 is 1.08 bits per heavy atom. The molecule has 0 saturated heterocycles. The molecule has 0 unspecified atom stereocenters. The fourth-order valence-electron chi connectivity index (χ4n) is 2.25. The maximum Gasteiger partial charge on any atom is 0.264 e. The van der Waals surface area contributed by atoms with Gasteiger partial charge in [0, 0.05) is 12.1 Å². The van der Waals surface area contributed by atoms with Crippen LogP contribution in [0.2, 0.25) is 0 Å². The van der Waals surface area contributed by atoms with Crippen LogP contribution in [-0.2, 0) is 6.61 Å². The van der Waals surface area contributed by atoms with E-state index in [0.29, 0.717) is 23.2 Å². The van der Waals surface area contributed by atoms with Gasteiger partial charge in [-0.05, 0) is 26.0 Å². The largest absolute Gasteiger partial charge is 0.480 e. The first-order chi connectivity index (χ1) is 11.5. The number of aryl methyl sites for hydroxylation is 2. The zero-order valence-electron chi connectivity index (χ0n) is 14.1. The number of aromatic nitrogens is 5. The third-order valence-electron chi connectivity index (χ3n) is 3.44. The average molecular weight is 325 g/mol. The third kappa shape index (κ3) is 3.40. The SMILES string of the molecule is Cc1nc(C(C)C)nc(C)c1OCc1nc(-c2ccccn2)no1. The fourth-order valence-corrected chi connectivity index (χ4v) is 2.25. The van der Waals surface area contributed by atoms with Gasteiger partial charge in [0.15, 0.2) is 12.4 Å². The monoisotopic (exact) mass is 325 g/mol. The molecule has 3 rings (SSSR count). The summed E-state index contributed by atoms with van der Waals surface area (Å²) in [5.74, 6) is 2.55. The Hall–Kier alpha value is -2.83. The molecule has 7 heteroatoms. The lowest BCUT2D eigenvalue weighted by Gasteiger charge is -2.12. The smallest absolute Gasteiger partial charge is 0.264 e. The van der Waals surface area contributed by atoms with Gasteiger partial charge in [0.1, 0.15) is 11.5 Å². The molecule has 0 amide bonds. The van der Waals surface area contributed by atoms with Gasteiger partial charge in [-0.15, -0.1) is 0 Å². The molecule has 24 heavy (non-hydrogen) atoms. The van der Waals surface area contributed by atoms with E-state index in [1.807, 2.05) is 32.0 Å². The first-order valence-electron chi connectivity index (χ1n) is 7.76. The molecule has 0 N–H and O–H groups in total. The molecule has 124 valence electrons. The molecular formula is C17H19N5O2. The molecule has 0 atom stereocenters. The van der Waals surface area contributed by atoms with Crippen molar-refractivity contribution >= 4 is 0 Å². The highest BCUT2D eigenvalue weighted by Gasteiger charge is 2.14. The molecule has 0 aliphatic carbocycles. The predicted octanol–water partition coefficient (Wildman–Crippen LogP) is 3.24. The van der Waals surface area contributed by atoms with Crippen LogP contribution in [0, 0.1) is 13.8 Å². The second kappa shape index (κ2) is 6.74. The van der Waals surface area contributed by atoms with E-state index in [0.717, 1.165) is 17.2 Å². The van der Waals surface area contributed by atoms with Crippen molar-refractivity contribution in [3.63, 3.8) is 0 Å². The molecular weight excluding hydrogens is 306 g/mol.